The third-order valence-corrected chi connectivity index (χ3v) is 6.51. The smallest absolute Gasteiger partial charge is 0.227 e. The maximum absolute atomic E-state index is 12.7. The molecule has 2 heterocycles. The second-order valence-electron chi connectivity index (χ2n) is 8.52. The van der Waals surface area contributed by atoms with Crippen molar-refractivity contribution in [3.8, 4) is 11.4 Å². The van der Waals surface area contributed by atoms with Crippen LogP contribution in [0.4, 0.5) is 0 Å². The van der Waals surface area contributed by atoms with Gasteiger partial charge in [-0.05, 0) is 49.9 Å². The van der Waals surface area contributed by atoms with E-state index in [9.17, 15) is 9.59 Å². The first kappa shape index (κ1) is 21.8. The first-order valence-corrected chi connectivity index (χ1v) is 11.6. The second-order valence-corrected chi connectivity index (χ2v) is 8.96. The lowest BCUT2D eigenvalue weighted by atomic mass is 9.87. The fourth-order valence-electron chi connectivity index (χ4n) is 4.44. The minimum absolute atomic E-state index is 0.0247. The van der Waals surface area contributed by atoms with Crippen molar-refractivity contribution in [2.45, 2.75) is 63.8 Å². The Bertz CT molecular complexity index is 884. The molecule has 0 unspecified atom stereocenters. The van der Waals surface area contributed by atoms with Crippen LogP contribution in [0.15, 0.2) is 28.8 Å². The number of carbonyl (C=O) groups excluding carboxylic acids is 2. The Hall–Kier alpha value is -2.41. The summed E-state index contributed by atoms with van der Waals surface area (Å²) in [5, 5.41) is 7.71. The van der Waals surface area contributed by atoms with Crippen LogP contribution < -0.4 is 5.32 Å². The Morgan fingerprint density at radius 1 is 1.06 bits per heavy atom. The molecule has 166 valence electrons. The number of aromatic nitrogens is 2. The fraction of sp³-hybridized carbons (Fsp3) is 0.565. The Balaban J connectivity index is 1.19. The molecule has 0 spiro atoms. The first-order chi connectivity index (χ1) is 15.1. The van der Waals surface area contributed by atoms with E-state index in [4.69, 9.17) is 16.1 Å². The monoisotopic (exact) mass is 444 g/mol. The van der Waals surface area contributed by atoms with Gasteiger partial charge in [-0.3, -0.25) is 9.59 Å². The largest absolute Gasteiger partial charge is 0.353 e. The zero-order valence-electron chi connectivity index (χ0n) is 17.7. The van der Waals surface area contributed by atoms with E-state index in [0.29, 0.717) is 35.5 Å². The number of nitrogens with one attached hydrogen (secondary N) is 1. The molecule has 7 nitrogen and oxygen atoms in total. The summed E-state index contributed by atoms with van der Waals surface area (Å²) in [5.74, 6) is 1.43. The molecule has 1 aliphatic carbocycles. The second kappa shape index (κ2) is 10.3. The van der Waals surface area contributed by atoms with Gasteiger partial charge < -0.3 is 14.7 Å². The van der Waals surface area contributed by atoms with E-state index >= 15 is 0 Å². The van der Waals surface area contributed by atoms with Crippen LogP contribution >= 0.6 is 11.6 Å². The van der Waals surface area contributed by atoms with Crippen molar-refractivity contribution in [2.75, 3.05) is 13.1 Å². The van der Waals surface area contributed by atoms with Crippen LogP contribution in [0.3, 0.4) is 0 Å². The number of carbonyl (C=O) groups is 2. The Kier molecular flexibility index (Phi) is 7.22. The summed E-state index contributed by atoms with van der Waals surface area (Å²) >= 11 is 5.90. The molecule has 2 fully saturated rings. The van der Waals surface area contributed by atoms with E-state index in [2.05, 4.69) is 15.5 Å². The quantitative estimate of drug-likeness (QED) is 0.727. The van der Waals surface area contributed by atoms with Crippen molar-refractivity contribution >= 4 is 23.4 Å². The molecule has 31 heavy (non-hydrogen) atoms. The van der Waals surface area contributed by atoms with Crippen LogP contribution in [0.2, 0.25) is 5.02 Å². The van der Waals surface area contributed by atoms with E-state index in [0.717, 1.165) is 44.3 Å². The van der Waals surface area contributed by atoms with Crippen LogP contribution in [0, 0.1) is 5.92 Å². The number of amides is 2. The Labute approximate surface area is 187 Å². The van der Waals surface area contributed by atoms with Crippen molar-refractivity contribution in [2.24, 2.45) is 5.92 Å². The number of halogens is 1. The van der Waals surface area contributed by atoms with Crippen molar-refractivity contribution < 1.29 is 14.1 Å². The number of likely N-dealkylation sites (tertiary alicyclic amines) is 1. The third-order valence-electron chi connectivity index (χ3n) is 6.26. The zero-order chi connectivity index (χ0) is 21.6. The molecule has 0 bridgehead atoms. The van der Waals surface area contributed by atoms with Gasteiger partial charge >= 0.3 is 0 Å². The zero-order valence-corrected chi connectivity index (χ0v) is 18.4. The highest BCUT2D eigenvalue weighted by Crippen LogP contribution is 2.26. The lowest BCUT2D eigenvalue weighted by molar-refractivity contribution is -0.137. The Morgan fingerprint density at radius 3 is 2.48 bits per heavy atom. The number of benzene rings is 1. The van der Waals surface area contributed by atoms with Crippen LogP contribution in [0.5, 0.6) is 0 Å². The molecule has 8 heteroatoms. The van der Waals surface area contributed by atoms with Gasteiger partial charge in [0.25, 0.3) is 0 Å². The summed E-state index contributed by atoms with van der Waals surface area (Å²) in [6, 6.07) is 7.32. The van der Waals surface area contributed by atoms with Crippen LogP contribution in [-0.2, 0) is 16.0 Å². The van der Waals surface area contributed by atoms with Gasteiger partial charge in [-0.15, -0.1) is 0 Å². The maximum Gasteiger partial charge on any atom is 0.227 e. The van der Waals surface area contributed by atoms with E-state index in [-0.39, 0.29) is 17.9 Å². The van der Waals surface area contributed by atoms with Gasteiger partial charge in [-0.1, -0.05) is 36.0 Å². The van der Waals surface area contributed by atoms with Gasteiger partial charge in [0.2, 0.25) is 23.5 Å². The summed E-state index contributed by atoms with van der Waals surface area (Å²) in [6.45, 7) is 1.46. The minimum Gasteiger partial charge on any atom is -0.353 e. The average Bonchev–Trinajstić information content (AvgIpc) is 3.28. The molecule has 1 aromatic heterocycles. The molecule has 2 amide bonds. The van der Waals surface area contributed by atoms with E-state index in [1.54, 1.807) is 12.1 Å². The normalized spacial score (nSPS) is 18.2. The highest BCUT2D eigenvalue weighted by molar-refractivity contribution is 6.30. The summed E-state index contributed by atoms with van der Waals surface area (Å²) in [7, 11) is 0. The summed E-state index contributed by atoms with van der Waals surface area (Å²) in [4.78, 5) is 31.4. The van der Waals surface area contributed by atoms with Crippen molar-refractivity contribution in [1.29, 1.82) is 0 Å². The van der Waals surface area contributed by atoms with Crippen LogP contribution in [0.25, 0.3) is 11.4 Å². The molecule has 0 radical (unpaired) electrons. The first-order valence-electron chi connectivity index (χ1n) is 11.2. The molecule has 4 rings (SSSR count). The summed E-state index contributed by atoms with van der Waals surface area (Å²) in [5.41, 5.74) is 0.818. The molecular weight excluding hydrogens is 416 g/mol. The predicted octanol–water partition coefficient (Wildman–Crippen LogP) is 4.01. The van der Waals surface area contributed by atoms with Crippen LogP contribution in [-0.4, -0.2) is 46.0 Å². The van der Waals surface area contributed by atoms with E-state index < -0.39 is 0 Å². The molecule has 1 N–H and O–H groups in total. The molecule has 1 saturated carbocycles. The summed E-state index contributed by atoms with van der Waals surface area (Å²) < 4.78 is 5.27. The van der Waals surface area contributed by atoms with Crippen molar-refractivity contribution in [3.05, 3.63) is 35.2 Å². The van der Waals surface area contributed by atoms with Gasteiger partial charge in [0.1, 0.15) is 0 Å². The van der Waals surface area contributed by atoms with Crippen molar-refractivity contribution in [3.63, 3.8) is 0 Å². The summed E-state index contributed by atoms with van der Waals surface area (Å²) in [6.07, 6.45) is 7.97. The van der Waals surface area contributed by atoms with E-state index in [1.165, 1.54) is 19.3 Å². The predicted molar refractivity (Wildman–Crippen MR) is 117 cm³/mol. The SMILES string of the molecule is O=C(CCc1nc(-c2ccc(Cl)cc2)no1)NC1CCN(C(=O)C2CCCCC2)CC1. The number of hydrogen-bond donors (Lipinski definition) is 1. The highest BCUT2D eigenvalue weighted by atomic mass is 35.5. The fourth-order valence-corrected chi connectivity index (χ4v) is 4.57. The number of aryl methyl sites for hydroxylation is 1. The van der Waals surface area contributed by atoms with Gasteiger partial charge in [-0.25, -0.2) is 0 Å². The average molecular weight is 445 g/mol. The van der Waals surface area contributed by atoms with Gasteiger partial charge in [-0.2, -0.15) is 4.98 Å². The van der Waals surface area contributed by atoms with Gasteiger partial charge in [0.15, 0.2) is 0 Å². The molecule has 1 aromatic carbocycles. The molecule has 1 saturated heterocycles. The molecule has 1 aliphatic heterocycles. The topological polar surface area (TPSA) is 88.3 Å². The van der Waals surface area contributed by atoms with Crippen molar-refractivity contribution in [1.82, 2.24) is 20.4 Å². The van der Waals surface area contributed by atoms with Gasteiger partial charge in [0.05, 0.1) is 0 Å². The molecule has 2 aromatic rings. The Morgan fingerprint density at radius 2 is 1.77 bits per heavy atom. The van der Waals surface area contributed by atoms with E-state index in [1.807, 2.05) is 17.0 Å². The maximum atomic E-state index is 12.7. The highest BCUT2D eigenvalue weighted by Gasteiger charge is 2.29. The lowest BCUT2D eigenvalue weighted by Gasteiger charge is -2.35. The number of rotatable bonds is 6. The minimum atomic E-state index is -0.0247. The molecular formula is C23H29ClN4O3. The molecule has 0 atom stereocenters. The number of piperidine rings is 1. The van der Waals surface area contributed by atoms with Gasteiger partial charge in [0, 0.05) is 48.5 Å². The third kappa shape index (κ3) is 5.85. The lowest BCUT2D eigenvalue weighted by Crippen LogP contribution is -2.48. The standard InChI is InChI=1S/C23H29ClN4O3/c24-18-8-6-16(7-9-18)22-26-21(31-27-22)11-10-20(29)25-19-12-14-28(15-13-19)23(30)17-4-2-1-3-5-17/h6-9,17,19H,1-5,10-15H2,(H,25,29). The van der Waals surface area contributed by atoms with Crippen LogP contribution in [0.1, 0.15) is 57.3 Å². The number of nitrogens with zero attached hydrogens (tertiary/aromatic N) is 3. The number of hydrogen-bond acceptors (Lipinski definition) is 5. The molecule has 2 aliphatic rings.